The highest BCUT2D eigenvalue weighted by Crippen LogP contribution is 2.13. The van der Waals surface area contributed by atoms with Crippen LogP contribution in [0.1, 0.15) is 49.9 Å². The summed E-state index contributed by atoms with van der Waals surface area (Å²) in [6.07, 6.45) is 2.48. The van der Waals surface area contributed by atoms with Gasteiger partial charge < -0.3 is 4.90 Å². The van der Waals surface area contributed by atoms with Crippen LogP contribution in [0.5, 0.6) is 0 Å². The third-order valence-corrected chi connectivity index (χ3v) is 3.60. The van der Waals surface area contributed by atoms with Gasteiger partial charge in [-0.25, -0.2) is 0 Å². The molecule has 20 heavy (non-hydrogen) atoms. The van der Waals surface area contributed by atoms with E-state index in [1.165, 1.54) is 0 Å². The molecule has 0 atom stereocenters. The van der Waals surface area contributed by atoms with Crippen LogP contribution in [0.4, 0.5) is 0 Å². The monoisotopic (exact) mass is 339 g/mol. The first-order valence-electron chi connectivity index (χ1n) is 7.15. The largest absolute Gasteiger partial charge is 0.343 e. The number of rotatable bonds is 8. The molecular formula is C16H22BrNO2. The first-order chi connectivity index (χ1) is 9.58. The smallest absolute Gasteiger partial charge is 0.223 e. The maximum atomic E-state index is 12.1. The Kier molecular flexibility index (Phi) is 7.52. The summed E-state index contributed by atoms with van der Waals surface area (Å²) in [5.74, 6) is 0.109. The molecule has 0 saturated carbocycles. The zero-order valence-corrected chi connectivity index (χ0v) is 13.8. The van der Waals surface area contributed by atoms with E-state index in [0.717, 1.165) is 30.4 Å². The van der Waals surface area contributed by atoms with Gasteiger partial charge in [0.25, 0.3) is 0 Å². The van der Waals surface area contributed by atoms with E-state index >= 15 is 0 Å². The van der Waals surface area contributed by atoms with E-state index < -0.39 is 0 Å². The lowest BCUT2D eigenvalue weighted by atomic mass is 10.1. The van der Waals surface area contributed by atoms with Crippen molar-refractivity contribution in [1.82, 2.24) is 4.90 Å². The zero-order valence-electron chi connectivity index (χ0n) is 12.2. The number of nitrogens with zero attached hydrogens (tertiary/aromatic N) is 1. The van der Waals surface area contributed by atoms with E-state index in [1.807, 2.05) is 17.0 Å². The molecule has 1 rings (SSSR count). The summed E-state index contributed by atoms with van der Waals surface area (Å²) >= 11 is 3.34. The fraction of sp³-hybridized carbons (Fsp3) is 0.500. The Morgan fingerprint density at radius 1 is 1.00 bits per heavy atom. The fourth-order valence-electron chi connectivity index (χ4n) is 2.06. The number of halogens is 1. The average molecular weight is 340 g/mol. The van der Waals surface area contributed by atoms with E-state index in [1.54, 1.807) is 12.1 Å². The highest BCUT2D eigenvalue weighted by molar-refractivity contribution is 9.10. The molecule has 3 nitrogen and oxygen atoms in total. The molecule has 0 saturated heterocycles. The van der Waals surface area contributed by atoms with Crippen molar-refractivity contribution in [3.8, 4) is 0 Å². The van der Waals surface area contributed by atoms with E-state index in [-0.39, 0.29) is 18.1 Å². The van der Waals surface area contributed by atoms with Gasteiger partial charge in [0.2, 0.25) is 5.91 Å². The number of Topliss-reactive ketones (excluding diaryl/α,β-unsaturated/α-hetero) is 1. The molecular weight excluding hydrogens is 318 g/mol. The van der Waals surface area contributed by atoms with Crippen LogP contribution in [-0.4, -0.2) is 29.7 Å². The third kappa shape index (κ3) is 5.45. The van der Waals surface area contributed by atoms with E-state index in [2.05, 4.69) is 29.8 Å². The maximum Gasteiger partial charge on any atom is 0.223 e. The molecule has 1 amide bonds. The van der Waals surface area contributed by atoms with E-state index in [9.17, 15) is 9.59 Å². The maximum absolute atomic E-state index is 12.1. The molecule has 0 heterocycles. The number of carbonyl (C=O) groups is 2. The van der Waals surface area contributed by atoms with Gasteiger partial charge in [-0.1, -0.05) is 41.9 Å². The van der Waals surface area contributed by atoms with Crippen molar-refractivity contribution in [2.75, 3.05) is 13.1 Å². The average Bonchev–Trinajstić information content (AvgIpc) is 2.45. The molecule has 110 valence electrons. The second kappa shape index (κ2) is 8.90. The Balaban J connectivity index is 2.50. The highest BCUT2D eigenvalue weighted by Gasteiger charge is 2.14. The number of ketones is 1. The molecule has 0 aromatic heterocycles. The second-order valence-electron chi connectivity index (χ2n) is 4.81. The predicted octanol–water partition coefficient (Wildman–Crippen LogP) is 4.06. The third-order valence-electron chi connectivity index (χ3n) is 3.07. The first kappa shape index (κ1) is 16.9. The zero-order chi connectivity index (χ0) is 15.0. The fourth-order valence-corrected chi connectivity index (χ4v) is 2.32. The van der Waals surface area contributed by atoms with Crippen molar-refractivity contribution < 1.29 is 9.59 Å². The topological polar surface area (TPSA) is 37.4 Å². The van der Waals surface area contributed by atoms with Gasteiger partial charge in [-0.05, 0) is 25.0 Å². The van der Waals surface area contributed by atoms with E-state index in [0.29, 0.717) is 12.0 Å². The Labute approximate surface area is 129 Å². The lowest BCUT2D eigenvalue weighted by Crippen LogP contribution is -2.32. The number of benzene rings is 1. The van der Waals surface area contributed by atoms with Crippen LogP contribution in [0.25, 0.3) is 0 Å². The molecule has 0 N–H and O–H groups in total. The summed E-state index contributed by atoms with van der Waals surface area (Å²) in [4.78, 5) is 25.9. The Morgan fingerprint density at radius 3 is 2.05 bits per heavy atom. The molecule has 0 bridgehead atoms. The molecule has 0 radical (unpaired) electrons. The lowest BCUT2D eigenvalue weighted by molar-refractivity contribution is -0.131. The van der Waals surface area contributed by atoms with Crippen molar-refractivity contribution in [2.24, 2.45) is 0 Å². The Bertz CT molecular complexity index is 436. The predicted molar refractivity (Wildman–Crippen MR) is 84.9 cm³/mol. The van der Waals surface area contributed by atoms with Gasteiger partial charge in [0.15, 0.2) is 5.78 Å². The van der Waals surface area contributed by atoms with Crippen molar-refractivity contribution in [3.63, 3.8) is 0 Å². The summed E-state index contributed by atoms with van der Waals surface area (Å²) in [6.45, 7) is 5.67. The molecule has 0 aliphatic carbocycles. The molecule has 4 heteroatoms. The van der Waals surface area contributed by atoms with Crippen LogP contribution in [-0.2, 0) is 4.79 Å². The van der Waals surface area contributed by atoms with Gasteiger partial charge in [-0.2, -0.15) is 0 Å². The highest BCUT2D eigenvalue weighted by atomic mass is 79.9. The van der Waals surface area contributed by atoms with Crippen LogP contribution in [0.2, 0.25) is 0 Å². The minimum atomic E-state index is 0.0267. The van der Waals surface area contributed by atoms with Gasteiger partial charge in [0.05, 0.1) is 0 Å². The Hall–Kier alpha value is -1.16. The molecule has 0 unspecified atom stereocenters. The van der Waals surface area contributed by atoms with Crippen molar-refractivity contribution in [2.45, 2.75) is 39.5 Å². The molecule has 0 spiro atoms. The quantitative estimate of drug-likeness (QED) is 0.669. The molecule has 0 aliphatic heterocycles. The molecule has 0 fully saturated rings. The first-order valence-corrected chi connectivity index (χ1v) is 7.94. The van der Waals surface area contributed by atoms with Gasteiger partial charge in [-0.15, -0.1) is 0 Å². The molecule has 1 aromatic carbocycles. The molecule has 0 aliphatic rings. The summed E-state index contributed by atoms with van der Waals surface area (Å²) in [6, 6.07) is 7.25. The van der Waals surface area contributed by atoms with Crippen LogP contribution in [0.15, 0.2) is 28.7 Å². The van der Waals surface area contributed by atoms with Gasteiger partial charge in [-0.3, -0.25) is 9.59 Å². The van der Waals surface area contributed by atoms with Crippen molar-refractivity contribution >= 4 is 27.6 Å². The lowest BCUT2D eigenvalue weighted by Gasteiger charge is -2.21. The standard InChI is InChI=1S/C16H22BrNO2/c1-3-11-18(12-4-2)16(20)10-9-15(19)13-5-7-14(17)8-6-13/h5-8H,3-4,9-12H2,1-2H3. The van der Waals surface area contributed by atoms with Crippen molar-refractivity contribution in [3.05, 3.63) is 34.3 Å². The number of hydrogen-bond donors (Lipinski definition) is 0. The minimum Gasteiger partial charge on any atom is -0.343 e. The number of amides is 1. The summed E-state index contributed by atoms with van der Waals surface area (Å²) in [5.41, 5.74) is 0.665. The van der Waals surface area contributed by atoms with Crippen LogP contribution >= 0.6 is 15.9 Å². The number of carbonyl (C=O) groups excluding carboxylic acids is 2. The van der Waals surface area contributed by atoms with Crippen LogP contribution < -0.4 is 0 Å². The second-order valence-corrected chi connectivity index (χ2v) is 5.73. The summed E-state index contributed by atoms with van der Waals surface area (Å²) in [5, 5.41) is 0. The van der Waals surface area contributed by atoms with Gasteiger partial charge in [0, 0.05) is 36.0 Å². The minimum absolute atomic E-state index is 0.0267. The summed E-state index contributed by atoms with van der Waals surface area (Å²) < 4.78 is 0.946. The van der Waals surface area contributed by atoms with Gasteiger partial charge >= 0.3 is 0 Å². The molecule has 1 aromatic rings. The van der Waals surface area contributed by atoms with Gasteiger partial charge in [0.1, 0.15) is 0 Å². The van der Waals surface area contributed by atoms with Crippen LogP contribution in [0.3, 0.4) is 0 Å². The van der Waals surface area contributed by atoms with Crippen molar-refractivity contribution in [1.29, 1.82) is 0 Å². The normalized spacial score (nSPS) is 10.3. The summed E-state index contributed by atoms with van der Waals surface area (Å²) in [7, 11) is 0. The van der Waals surface area contributed by atoms with Crippen LogP contribution in [0, 0.1) is 0 Å². The van der Waals surface area contributed by atoms with E-state index in [4.69, 9.17) is 0 Å². The number of hydrogen-bond acceptors (Lipinski definition) is 2. The SMILES string of the molecule is CCCN(CCC)C(=O)CCC(=O)c1ccc(Br)cc1. The Morgan fingerprint density at radius 2 is 1.55 bits per heavy atom.